The third kappa shape index (κ3) is 2.32. The summed E-state index contributed by atoms with van der Waals surface area (Å²) >= 11 is 0. The van der Waals surface area contributed by atoms with Crippen LogP contribution in [0.15, 0.2) is 24.5 Å². The number of aromatic nitrogens is 1. The minimum Gasteiger partial charge on any atom is -0.351 e. The molecule has 0 bridgehead atoms. The Bertz CT molecular complexity index is 248. The van der Waals surface area contributed by atoms with E-state index in [1.807, 2.05) is 0 Å². The maximum atomic E-state index is 11.2. The van der Waals surface area contributed by atoms with Crippen molar-refractivity contribution in [1.29, 1.82) is 0 Å². The van der Waals surface area contributed by atoms with Gasteiger partial charge in [-0.25, -0.2) is 0 Å². The van der Waals surface area contributed by atoms with E-state index in [1.54, 1.807) is 18.3 Å². The Hall–Kier alpha value is -1.42. The van der Waals surface area contributed by atoms with Gasteiger partial charge in [-0.1, -0.05) is 0 Å². The summed E-state index contributed by atoms with van der Waals surface area (Å²) in [5.41, 5.74) is 5.79. The van der Waals surface area contributed by atoms with Crippen LogP contribution in [0.3, 0.4) is 0 Å². The number of rotatable bonds is 3. The van der Waals surface area contributed by atoms with Gasteiger partial charge in [0.15, 0.2) is 0 Å². The SMILES string of the molecule is NCCNC(=O)c1cccnc1. The van der Waals surface area contributed by atoms with Crippen LogP contribution in [0.1, 0.15) is 10.4 Å². The highest BCUT2D eigenvalue weighted by Crippen LogP contribution is 1.93. The molecule has 0 atom stereocenters. The second-order valence-electron chi connectivity index (χ2n) is 2.29. The summed E-state index contributed by atoms with van der Waals surface area (Å²) in [5.74, 6) is -0.131. The van der Waals surface area contributed by atoms with Crippen LogP contribution in [0, 0.1) is 0 Å². The lowest BCUT2D eigenvalue weighted by Gasteiger charge is -2.01. The van der Waals surface area contributed by atoms with Gasteiger partial charge >= 0.3 is 0 Å². The summed E-state index contributed by atoms with van der Waals surface area (Å²) < 4.78 is 0. The van der Waals surface area contributed by atoms with Gasteiger partial charge in [-0.15, -0.1) is 0 Å². The molecule has 1 aromatic rings. The van der Waals surface area contributed by atoms with Crippen LogP contribution in [-0.4, -0.2) is 24.0 Å². The molecule has 0 aliphatic carbocycles. The average Bonchev–Trinajstić information content (AvgIpc) is 2.15. The third-order valence-corrected chi connectivity index (χ3v) is 1.35. The number of pyridine rings is 1. The number of nitrogens with one attached hydrogen (secondary N) is 1. The highest BCUT2D eigenvalue weighted by atomic mass is 16.1. The number of hydrogen-bond acceptors (Lipinski definition) is 3. The van der Waals surface area contributed by atoms with Crippen LogP contribution in [0.4, 0.5) is 0 Å². The van der Waals surface area contributed by atoms with Crippen molar-refractivity contribution in [3.63, 3.8) is 0 Å². The molecule has 1 aromatic heterocycles. The number of hydrogen-bond donors (Lipinski definition) is 2. The van der Waals surface area contributed by atoms with E-state index in [9.17, 15) is 4.79 Å². The zero-order chi connectivity index (χ0) is 8.81. The predicted octanol–water partition coefficient (Wildman–Crippen LogP) is -0.230. The largest absolute Gasteiger partial charge is 0.351 e. The van der Waals surface area contributed by atoms with Gasteiger partial charge in [0.05, 0.1) is 5.56 Å². The number of carbonyl (C=O) groups is 1. The second kappa shape index (κ2) is 4.46. The fourth-order valence-corrected chi connectivity index (χ4v) is 0.785. The zero-order valence-corrected chi connectivity index (χ0v) is 6.66. The van der Waals surface area contributed by atoms with E-state index >= 15 is 0 Å². The molecule has 0 aliphatic heterocycles. The fourth-order valence-electron chi connectivity index (χ4n) is 0.785. The van der Waals surface area contributed by atoms with Crippen molar-refractivity contribution in [2.75, 3.05) is 13.1 Å². The van der Waals surface area contributed by atoms with Gasteiger partial charge in [0, 0.05) is 25.5 Å². The summed E-state index contributed by atoms with van der Waals surface area (Å²) in [5, 5.41) is 2.64. The third-order valence-electron chi connectivity index (χ3n) is 1.35. The Morgan fingerprint density at radius 3 is 3.08 bits per heavy atom. The molecule has 3 N–H and O–H groups in total. The summed E-state index contributed by atoms with van der Waals surface area (Å²) in [6.07, 6.45) is 3.14. The number of nitrogens with zero attached hydrogens (tertiary/aromatic N) is 1. The van der Waals surface area contributed by atoms with Gasteiger partial charge in [-0.3, -0.25) is 9.78 Å². The quantitative estimate of drug-likeness (QED) is 0.650. The van der Waals surface area contributed by atoms with Gasteiger partial charge in [0.2, 0.25) is 0 Å². The molecular weight excluding hydrogens is 154 g/mol. The van der Waals surface area contributed by atoms with Crippen molar-refractivity contribution in [2.24, 2.45) is 5.73 Å². The summed E-state index contributed by atoms with van der Waals surface area (Å²) in [6, 6.07) is 3.43. The van der Waals surface area contributed by atoms with E-state index in [0.29, 0.717) is 18.7 Å². The molecule has 1 rings (SSSR count). The summed E-state index contributed by atoms with van der Waals surface area (Å²) in [6.45, 7) is 0.944. The average molecular weight is 165 g/mol. The normalized spacial score (nSPS) is 9.42. The van der Waals surface area contributed by atoms with E-state index in [1.165, 1.54) is 6.20 Å². The Labute approximate surface area is 70.8 Å². The molecule has 0 fully saturated rings. The van der Waals surface area contributed by atoms with Crippen LogP contribution in [-0.2, 0) is 0 Å². The monoisotopic (exact) mass is 165 g/mol. The minimum atomic E-state index is -0.131. The molecule has 1 amide bonds. The van der Waals surface area contributed by atoms with Crippen LogP contribution < -0.4 is 11.1 Å². The van der Waals surface area contributed by atoms with Crippen molar-refractivity contribution >= 4 is 5.91 Å². The number of amides is 1. The lowest BCUT2D eigenvalue weighted by molar-refractivity contribution is 0.0954. The van der Waals surface area contributed by atoms with Gasteiger partial charge in [0.1, 0.15) is 0 Å². The predicted molar refractivity (Wildman–Crippen MR) is 45.6 cm³/mol. The van der Waals surface area contributed by atoms with E-state index in [0.717, 1.165) is 0 Å². The highest BCUT2D eigenvalue weighted by Gasteiger charge is 2.01. The first kappa shape index (κ1) is 8.67. The Balaban J connectivity index is 2.54. The van der Waals surface area contributed by atoms with Gasteiger partial charge in [-0.2, -0.15) is 0 Å². The highest BCUT2D eigenvalue weighted by molar-refractivity contribution is 5.93. The van der Waals surface area contributed by atoms with E-state index < -0.39 is 0 Å². The lowest BCUT2D eigenvalue weighted by atomic mass is 10.3. The molecule has 0 spiro atoms. The molecule has 1 heterocycles. The Morgan fingerprint density at radius 1 is 1.67 bits per heavy atom. The van der Waals surface area contributed by atoms with Gasteiger partial charge in [-0.05, 0) is 12.1 Å². The molecule has 12 heavy (non-hydrogen) atoms. The standard InChI is InChI=1S/C8H11N3O/c9-3-5-11-8(12)7-2-1-4-10-6-7/h1-2,4,6H,3,5,9H2,(H,11,12). The van der Waals surface area contributed by atoms with E-state index in [2.05, 4.69) is 10.3 Å². The summed E-state index contributed by atoms with van der Waals surface area (Å²) in [4.78, 5) is 15.0. The Kier molecular flexibility index (Phi) is 3.22. The van der Waals surface area contributed by atoms with Crippen LogP contribution >= 0.6 is 0 Å². The van der Waals surface area contributed by atoms with Gasteiger partial charge < -0.3 is 11.1 Å². The molecule has 0 aliphatic rings. The van der Waals surface area contributed by atoms with Crippen molar-refractivity contribution < 1.29 is 4.79 Å². The van der Waals surface area contributed by atoms with Crippen molar-refractivity contribution in [3.05, 3.63) is 30.1 Å². The van der Waals surface area contributed by atoms with Crippen molar-refractivity contribution in [2.45, 2.75) is 0 Å². The van der Waals surface area contributed by atoms with E-state index in [-0.39, 0.29) is 5.91 Å². The van der Waals surface area contributed by atoms with Gasteiger partial charge in [0.25, 0.3) is 5.91 Å². The molecule has 4 heteroatoms. The molecule has 0 saturated carbocycles. The first-order valence-corrected chi connectivity index (χ1v) is 3.73. The maximum Gasteiger partial charge on any atom is 0.252 e. The van der Waals surface area contributed by atoms with E-state index in [4.69, 9.17) is 5.73 Å². The van der Waals surface area contributed by atoms with Crippen LogP contribution in [0.25, 0.3) is 0 Å². The first-order chi connectivity index (χ1) is 5.84. The summed E-state index contributed by atoms with van der Waals surface area (Å²) in [7, 11) is 0. The topological polar surface area (TPSA) is 68.0 Å². The smallest absolute Gasteiger partial charge is 0.252 e. The van der Waals surface area contributed by atoms with Crippen molar-refractivity contribution in [1.82, 2.24) is 10.3 Å². The number of carbonyl (C=O) groups excluding carboxylic acids is 1. The van der Waals surface area contributed by atoms with Crippen molar-refractivity contribution in [3.8, 4) is 0 Å². The van der Waals surface area contributed by atoms with Crippen LogP contribution in [0.2, 0.25) is 0 Å². The molecule has 0 aromatic carbocycles. The maximum absolute atomic E-state index is 11.2. The molecular formula is C8H11N3O. The molecule has 0 radical (unpaired) electrons. The minimum absolute atomic E-state index is 0.131. The fraction of sp³-hybridized carbons (Fsp3) is 0.250. The molecule has 0 unspecified atom stereocenters. The molecule has 0 saturated heterocycles. The van der Waals surface area contributed by atoms with Crippen LogP contribution in [0.5, 0.6) is 0 Å². The molecule has 64 valence electrons. The number of nitrogens with two attached hydrogens (primary N) is 1. The second-order valence-corrected chi connectivity index (χ2v) is 2.29. The lowest BCUT2D eigenvalue weighted by Crippen LogP contribution is -2.28. The molecule has 4 nitrogen and oxygen atoms in total. The Morgan fingerprint density at radius 2 is 2.50 bits per heavy atom. The zero-order valence-electron chi connectivity index (χ0n) is 6.66. The first-order valence-electron chi connectivity index (χ1n) is 3.73.